The van der Waals surface area contributed by atoms with E-state index in [9.17, 15) is 0 Å². The first-order chi connectivity index (χ1) is 5.24. The van der Waals surface area contributed by atoms with Gasteiger partial charge in [0.15, 0.2) is 0 Å². The molecule has 0 fully saturated rings. The normalized spacial score (nSPS) is 10.2. The molecule has 60 valence electrons. The standard InChI is InChI=1S/C9H13NO/c1-7(2)8-3-5-9(11-10)6-4-8/h3-7H,10H2,1-2H3. The van der Waals surface area contributed by atoms with Crippen LogP contribution < -0.4 is 10.7 Å². The molecule has 0 heterocycles. The Hall–Kier alpha value is -1.02. The van der Waals surface area contributed by atoms with E-state index in [2.05, 4.69) is 18.7 Å². The Morgan fingerprint density at radius 3 is 2.09 bits per heavy atom. The molecule has 0 unspecified atom stereocenters. The predicted molar refractivity (Wildman–Crippen MR) is 45.3 cm³/mol. The Morgan fingerprint density at radius 2 is 1.73 bits per heavy atom. The van der Waals surface area contributed by atoms with Crippen LogP contribution in [-0.2, 0) is 0 Å². The number of nitrogens with two attached hydrogens (primary N) is 1. The highest BCUT2D eigenvalue weighted by atomic mass is 16.6. The fourth-order valence-corrected chi connectivity index (χ4v) is 0.931. The summed E-state index contributed by atoms with van der Waals surface area (Å²) >= 11 is 0. The van der Waals surface area contributed by atoms with Crippen LogP contribution in [0.1, 0.15) is 25.3 Å². The van der Waals surface area contributed by atoms with Crippen molar-refractivity contribution in [1.82, 2.24) is 0 Å². The molecule has 1 rings (SSSR count). The molecule has 0 saturated heterocycles. The molecule has 1 aromatic rings. The molecule has 0 saturated carbocycles. The largest absolute Gasteiger partial charge is 0.412 e. The first-order valence-electron chi connectivity index (χ1n) is 3.70. The summed E-state index contributed by atoms with van der Waals surface area (Å²) in [6, 6.07) is 7.78. The summed E-state index contributed by atoms with van der Waals surface area (Å²) < 4.78 is 0. The third-order valence-electron chi connectivity index (χ3n) is 1.68. The quantitative estimate of drug-likeness (QED) is 0.656. The van der Waals surface area contributed by atoms with Gasteiger partial charge in [-0.25, -0.2) is 0 Å². The van der Waals surface area contributed by atoms with Gasteiger partial charge in [0.2, 0.25) is 0 Å². The maximum absolute atomic E-state index is 4.98. The fraction of sp³-hybridized carbons (Fsp3) is 0.333. The van der Waals surface area contributed by atoms with Crippen molar-refractivity contribution in [2.45, 2.75) is 19.8 Å². The Morgan fingerprint density at radius 1 is 1.18 bits per heavy atom. The number of hydrogen-bond donors (Lipinski definition) is 1. The van der Waals surface area contributed by atoms with E-state index in [1.165, 1.54) is 5.56 Å². The lowest BCUT2D eigenvalue weighted by atomic mass is 10.0. The highest BCUT2D eigenvalue weighted by Crippen LogP contribution is 2.17. The van der Waals surface area contributed by atoms with Gasteiger partial charge < -0.3 is 4.84 Å². The molecule has 0 aliphatic heterocycles. The Bertz CT molecular complexity index is 216. The lowest BCUT2D eigenvalue weighted by Gasteiger charge is -2.04. The number of rotatable bonds is 2. The van der Waals surface area contributed by atoms with Crippen molar-refractivity contribution >= 4 is 0 Å². The fourth-order valence-electron chi connectivity index (χ4n) is 0.931. The van der Waals surface area contributed by atoms with Crippen molar-refractivity contribution in [3.05, 3.63) is 29.8 Å². The van der Waals surface area contributed by atoms with Crippen LogP contribution >= 0.6 is 0 Å². The number of hydrogen-bond acceptors (Lipinski definition) is 2. The second-order valence-electron chi connectivity index (χ2n) is 2.84. The van der Waals surface area contributed by atoms with Gasteiger partial charge in [-0.15, -0.1) is 0 Å². The first-order valence-corrected chi connectivity index (χ1v) is 3.70. The summed E-state index contributed by atoms with van der Waals surface area (Å²) in [5.74, 6) is 6.24. The van der Waals surface area contributed by atoms with Gasteiger partial charge in [-0.05, 0) is 23.6 Å². The maximum Gasteiger partial charge on any atom is 0.146 e. The number of benzene rings is 1. The molecule has 0 aliphatic rings. The van der Waals surface area contributed by atoms with E-state index in [1.54, 1.807) is 0 Å². The van der Waals surface area contributed by atoms with Gasteiger partial charge in [-0.3, -0.25) is 0 Å². The lowest BCUT2D eigenvalue weighted by molar-refractivity contribution is 0.334. The van der Waals surface area contributed by atoms with Crippen LogP contribution in [0.4, 0.5) is 0 Å². The van der Waals surface area contributed by atoms with E-state index in [-0.39, 0.29) is 0 Å². The molecule has 0 aromatic heterocycles. The zero-order valence-corrected chi connectivity index (χ0v) is 6.87. The van der Waals surface area contributed by atoms with E-state index >= 15 is 0 Å². The molecular weight excluding hydrogens is 138 g/mol. The van der Waals surface area contributed by atoms with Gasteiger partial charge in [0.1, 0.15) is 5.75 Å². The predicted octanol–water partition coefficient (Wildman–Crippen LogP) is 2.06. The summed E-state index contributed by atoms with van der Waals surface area (Å²) in [5, 5.41) is 0. The van der Waals surface area contributed by atoms with Gasteiger partial charge >= 0.3 is 0 Å². The van der Waals surface area contributed by atoms with Gasteiger partial charge in [-0.1, -0.05) is 26.0 Å². The second kappa shape index (κ2) is 3.39. The van der Waals surface area contributed by atoms with Gasteiger partial charge in [0.25, 0.3) is 0 Å². The van der Waals surface area contributed by atoms with Gasteiger partial charge in [-0.2, -0.15) is 5.90 Å². The third kappa shape index (κ3) is 1.95. The summed E-state index contributed by atoms with van der Waals surface area (Å²) in [4.78, 5) is 4.55. The average Bonchev–Trinajstić information content (AvgIpc) is 2.05. The van der Waals surface area contributed by atoms with E-state index < -0.39 is 0 Å². The SMILES string of the molecule is CC(C)c1ccc(ON)cc1. The minimum absolute atomic E-state index is 0.557. The third-order valence-corrected chi connectivity index (χ3v) is 1.68. The van der Waals surface area contributed by atoms with Crippen LogP contribution in [-0.4, -0.2) is 0 Å². The molecule has 0 amide bonds. The molecular formula is C9H13NO. The van der Waals surface area contributed by atoms with Crippen molar-refractivity contribution in [1.29, 1.82) is 0 Å². The Kier molecular flexibility index (Phi) is 2.49. The molecule has 0 bridgehead atoms. The maximum atomic E-state index is 4.98. The van der Waals surface area contributed by atoms with E-state index in [0.29, 0.717) is 11.7 Å². The van der Waals surface area contributed by atoms with E-state index in [0.717, 1.165) is 0 Å². The molecule has 2 N–H and O–H groups in total. The van der Waals surface area contributed by atoms with Crippen molar-refractivity contribution in [3.8, 4) is 5.75 Å². The second-order valence-corrected chi connectivity index (χ2v) is 2.84. The van der Waals surface area contributed by atoms with Crippen LogP contribution in [0.5, 0.6) is 5.75 Å². The topological polar surface area (TPSA) is 35.2 Å². The van der Waals surface area contributed by atoms with Crippen LogP contribution in [0.3, 0.4) is 0 Å². The summed E-state index contributed by atoms with van der Waals surface area (Å²) in [7, 11) is 0. The van der Waals surface area contributed by atoms with E-state index in [1.807, 2.05) is 24.3 Å². The molecule has 0 radical (unpaired) electrons. The Labute approximate surface area is 66.9 Å². The van der Waals surface area contributed by atoms with Crippen molar-refractivity contribution in [2.75, 3.05) is 0 Å². The van der Waals surface area contributed by atoms with Crippen molar-refractivity contribution < 1.29 is 4.84 Å². The van der Waals surface area contributed by atoms with Crippen LogP contribution in [0, 0.1) is 0 Å². The smallest absolute Gasteiger partial charge is 0.146 e. The molecule has 0 aliphatic carbocycles. The van der Waals surface area contributed by atoms with E-state index in [4.69, 9.17) is 5.90 Å². The van der Waals surface area contributed by atoms with Crippen molar-refractivity contribution in [3.63, 3.8) is 0 Å². The molecule has 2 heteroatoms. The molecule has 1 aromatic carbocycles. The first kappa shape index (κ1) is 8.08. The monoisotopic (exact) mass is 151 g/mol. The van der Waals surface area contributed by atoms with Gasteiger partial charge in [0, 0.05) is 0 Å². The van der Waals surface area contributed by atoms with Crippen molar-refractivity contribution in [2.24, 2.45) is 5.90 Å². The minimum atomic E-state index is 0.557. The van der Waals surface area contributed by atoms with Crippen LogP contribution in [0.2, 0.25) is 0 Å². The molecule has 2 nitrogen and oxygen atoms in total. The summed E-state index contributed by atoms with van der Waals surface area (Å²) in [6.07, 6.45) is 0. The highest BCUT2D eigenvalue weighted by molar-refractivity contribution is 5.28. The Balaban J connectivity index is 2.83. The highest BCUT2D eigenvalue weighted by Gasteiger charge is 1.97. The van der Waals surface area contributed by atoms with Crippen LogP contribution in [0.25, 0.3) is 0 Å². The van der Waals surface area contributed by atoms with Crippen LogP contribution in [0.15, 0.2) is 24.3 Å². The minimum Gasteiger partial charge on any atom is -0.412 e. The average molecular weight is 151 g/mol. The zero-order valence-electron chi connectivity index (χ0n) is 6.87. The molecule has 0 atom stereocenters. The lowest BCUT2D eigenvalue weighted by Crippen LogP contribution is -2.01. The molecule has 11 heavy (non-hydrogen) atoms. The molecule has 0 spiro atoms. The summed E-state index contributed by atoms with van der Waals surface area (Å²) in [5.41, 5.74) is 1.30. The summed E-state index contributed by atoms with van der Waals surface area (Å²) in [6.45, 7) is 4.30. The van der Waals surface area contributed by atoms with Gasteiger partial charge in [0.05, 0.1) is 0 Å². The zero-order chi connectivity index (χ0) is 8.27.